The molecule has 132 valence electrons. The van der Waals surface area contributed by atoms with Crippen LogP contribution in [0.4, 0.5) is 5.95 Å². The number of hydrogen-bond acceptors (Lipinski definition) is 3. The average Bonchev–Trinajstić information content (AvgIpc) is 3.12. The summed E-state index contributed by atoms with van der Waals surface area (Å²) in [5.74, 6) is 1.71. The number of imidazole rings is 1. The molecule has 4 heteroatoms. The summed E-state index contributed by atoms with van der Waals surface area (Å²) in [5.41, 5.74) is 5.50. The summed E-state index contributed by atoms with van der Waals surface area (Å²) in [6.45, 7) is 0. The Labute approximate surface area is 157 Å². The van der Waals surface area contributed by atoms with E-state index in [1.165, 1.54) is 5.56 Å². The number of anilines is 1. The highest BCUT2D eigenvalue weighted by molar-refractivity contribution is 5.85. The van der Waals surface area contributed by atoms with Gasteiger partial charge in [-0.05, 0) is 53.6 Å². The van der Waals surface area contributed by atoms with Gasteiger partial charge in [0.1, 0.15) is 5.75 Å². The number of para-hydroxylation sites is 2. The molecule has 0 radical (unpaired) electrons. The lowest BCUT2D eigenvalue weighted by molar-refractivity contribution is 0.415. The van der Waals surface area contributed by atoms with Gasteiger partial charge in [0.05, 0.1) is 24.2 Å². The maximum absolute atomic E-state index is 5.29. The van der Waals surface area contributed by atoms with Crippen molar-refractivity contribution in [1.82, 2.24) is 9.55 Å². The molecule has 0 aliphatic carbocycles. The lowest BCUT2D eigenvalue weighted by Crippen LogP contribution is -2.19. The number of fused-ring (bicyclic) bond motifs is 3. The van der Waals surface area contributed by atoms with Crippen LogP contribution in [0.2, 0.25) is 0 Å². The minimum absolute atomic E-state index is 0.0759. The molecule has 0 bridgehead atoms. The monoisotopic (exact) mass is 353 g/mol. The predicted molar refractivity (Wildman–Crippen MR) is 109 cm³/mol. The van der Waals surface area contributed by atoms with Gasteiger partial charge in [0.15, 0.2) is 0 Å². The molecule has 0 saturated heterocycles. The zero-order valence-electron chi connectivity index (χ0n) is 15.0. The van der Waals surface area contributed by atoms with E-state index in [9.17, 15) is 0 Å². The Hall–Kier alpha value is -3.53. The summed E-state index contributed by atoms with van der Waals surface area (Å²) < 4.78 is 7.55. The van der Waals surface area contributed by atoms with Gasteiger partial charge >= 0.3 is 0 Å². The van der Waals surface area contributed by atoms with Gasteiger partial charge in [-0.15, -0.1) is 0 Å². The number of hydrogen-bond donors (Lipinski definition) is 1. The highest BCUT2D eigenvalue weighted by atomic mass is 16.5. The number of benzene rings is 3. The third kappa shape index (κ3) is 2.66. The Balaban J connectivity index is 1.68. The first kappa shape index (κ1) is 15.7. The summed E-state index contributed by atoms with van der Waals surface area (Å²) in [5, 5.41) is 3.51. The molecule has 1 aliphatic heterocycles. The molecule has 1 aliphatic rings. The zero-order chi connectivity index (χ0) is 18.2. The highest BCUT2D eigenvalue weighted by Crippen LogP contribution is 2.36. The van der Waals surface area contributed by atoms with E-state index in [0.29, 0.717) is 0 Å². The lowest BCUT2D eigenvalue weighted by atomic mass is 10.0. The molecule has 2 heterocycles. The van der Waals surface area contributed by atoms with Gasteiger partial charge in [-0.2, -0.15) is 0 Å². The third-order valence-electron chi connectivity index (χ3n) is 4.99. The van der Waals surface area contributed by atoms with Crippen LogP contribution in [0.1, 0.15) is 17.2 Å². The van der Waals surface area contributed by atoms with Gasteiger partial charge in [0.2, 0.25) is 5.95 Å². The van der Waals surface area contributed by atoms with E-state index in [0.717, 1.165) is 34.0 Å². The molecule has 1 atom stereocenters. The van der Waals surface area contributed by atoms with Crippen molar-refractivity contribution < 1.29 is 4.74 Å². The van der Waals surface area contributed by atoms with E-state index in [2.05, 4.69) is 70.6 Å². The van der Waals surface area contributed by atoms with Gasteiger partial charge < -0.3 is 10.1 Å². The molecule has 1 aromatic heterocycles. The van der Waals surface area contributed by atoms with Gasteiger partial charge in [-0.25, -0.2) is 4.98 Å². The van der Waals surface area contributed by atoms with Crippen LogP contribution in [-0.4, -0.2) is 16.7 Å². The maximum atomic E-state index is 5.29. The average molecular weight is 353 g/mol. The van der Waals surface area contributed by atoms with Crippen LogP contribution in [-0.2, 0) is 0 Å². The topological polar surface area (TPSA) is 39.1 Å². The second kappa shape index (κ2) is 6.32. The van der Waals surface area contributed by atoms with Crippen LogP contribution < -0.4 is 10.1 Å². The zero-order valence-corrected chi connectivity index (χ0v) is 15.0. The SMILES string of the molecule is COc1ccc(C2=CC(c3ccccc3)n3c(nc4ccccc43)N2)cc1. The third-order valence-corrected chi connectivity index (χ3v) is 4.99. The Bertz CT molecular complexity index is 1130. The molecule has 4 nitrogen and oxygen atoms in total. The number of ether oxygens (including phenoxy) is 1. The van der Waals surface area contributed by atoms with Crippen molar-refractivity contribution in [2.75, 3.05) is 12.4 Å². The fraction of sp³-hybridized carbons (Fsp3) is 0.0870. The minimum Gasteiger partial charge on any atom is -0.497 e. The van der Waals surface area contributed by atoms with Crippen LogP contribution in [0.25, 0.3) is 16.7 Å². The highest BCUT2D eigenvalue weighted by Gasteiger charge is 2.25. The van der Waals surface area contributed by atoms with Crippen molar-refractivity contribution in [3.05, 3.63) is 96.1 Å². The number of nitrogens with one attached hydrogen (secondary N) is 1. The maximum Gasteiger partial charge on any atom is 0.209 e. The molecule has 3 aromatic carbocycles. The van der Waals surface area contributed by atoms with E-state index in [-0.39, 0.29) is 6.04 Å². The molecular formula is C23H19N3O. The van der Waals surface area contributed by atoms with Crippen LogP contribution in [0.5, 0.6) is 5.75 Å². The summed E-state index contributed by atoms with van der Waals surface area (Å²) >= 11 is 0. The normalized spacial score (nSPS) is 15.7. The molecule has 4 aromatic rings. The fourth-order valence-electron chi connectivity index (χ4n) is 3.64. The van der Waals surface area contributed by atoms with E-state index in [4.69, 9.17) is 9.72 Å². The first-order valence-corrected chi connectivity index (χ1v) is 8.99. The van der Waals surface area contributed by atoms with Crippen molar-refractivity contribution in [2.45, 2.75) is 6.04 Å². The number of aromatic nitrogens is 2. The van der Waals surface area contributed by atoms with E-state index < -0.39 is 0 Å². The molecular weight excluding hydrogens is 334 g/mol. The Morgan fingerprint density at radius 3 is 2.41 bits per heavy atom. The minimum atomic E-state index is 0.0759. The van der Waals surface area contributed by atoms with Gasteiger partial charge in [-0.1, -0.05) is 42.5 Å². The quantitative estimate of drug-likeness (QED) is 0.557. The van der Waals surface area contributed by atoms with Crippen molar-refractivity contribution in [2.24, 2.45) is 0 Å². The molecule has 0 saturated carbocycles. The summed E-state index contributed by atoms with van der Waals surface area (Å²) in [6.07, 6.45) is 2.26. The Morgan fingerprint density at radius 1 is 0.889 bits per heavy atom. The van der Waals surface area contributed by atoms with Crippen LogP contribution in [0.15, 0.2) is 84.9 Å². The van der Waals surface area contributed by atoms with Crippen molar-refractivity contribution in [3.63, 3.8) is 0 Å². The smallest absolute Gasteiger partial charge is 0.209 e. The van der Waals surface area contributed by atoms with Crippen LogP contribution >= 0.6 is 0 Å². The predicted octanol–water partition coefficient (Wildman–Crippen LogP) is 5.10. The van der Waals surface area contributed by atoms with Crippen LogP contribution in [0.3, 0.4) is 0 Å². The molecule has 1 N–H and O–H groups in total. The fourth-order valence-corrected chi connectivity index (χ4v) is 3.64. The molecule has 27 heavy (non-hydrogen) atoms. The summed E-state index contributed by atoms with van der Waals surface area (Å²) in [7, 11) is 1.68. The molecule has 1 unspecified atom stereocenters. The van der Waals surface area contributed by atoms with Crippen molar-refractivity contribution in [1.29, 1.82) is 0 Å². The van der Waals surface area contributed by atoms with Crippen LogP contribution in [0, 0.1) is 0 Å². The first-order valence-electron chi connectivity index (χ1n) is 8.99. The summed E-state index contributed by atoms with van der Waals surface area (Å²) in [4.78, 5) is 4.82. The molecule has 0 spiro atoms. The lowest BCUT2D eigenvalue weighted by Gasteiger charge is -2.26. The molecule has 0 fully saturated rings. The van der Waals surface area contributed by atoms with Gasteiger partial charge in [-0.3, -0.25) is 4.57 Å². The molecule has 0 amide bonds. The number of allylic oxidation sites excluding steroid dienone is 1. The number of methoxy groups -OCH3 is 1. The number of nitrogens with zero attached hydrogens (tertiary/aromatic N) is 2. The van der Waals surface area contributed by atoms with E-state index in [1.807, 2.05) is 24.3 Å². The Morgan fingerprint density at radius 2 is 1.63 bits per heavy atom. The second-order valence-electron chi connectivity index (χ2n) is 6.58. The van der Waals surface area contributed by atoms with E-state index >= 15 is 0 Å². The van der Waals surface area contributed by atoms with Crippen molar-refractivity contribution in [3.8, 4) is 5.75 Å². The summed E-state index contributed by atoms with van der Waals surface area (Å²) in [6, 6.07) is 27.0. The Kier molecular flexibility index (Phi) is 3.68. The number of rotatable bonds is 3. The van der Waals surface area contributed by atoms with Gasteiger partial charge in [0.25, 0.3) is 0 Å². The second-order valence-corrected chi connectivity index (χ2v) is 6.58. The van der Waals surface area contributed by atoms with E-state index in [1.54, 1.807) is 7.11 Å². The van der Waals surface area contributed by atoms with Crippen molar-refractivity contribution >= 4 is 22.7 Å². The largest absolute Gasteiger partial charge is 0.497 e. The van der Waals surface area contributed by atoms with Gasteiger partial charge in [0, 0.05) is 5.70 Å². The first-order chi connectivity index (χ1) is 13.3. The standard InChI is InChI=1S/C23H19N3O/c1-27-18-13-11-16(12-14-18)20-15-22(17-7-3-2-4-8-17)26-21-10-6-5-9-19(21)24-23(26)25-20/h2-15,22H,1H3,(H,24,25). The molecule has 5 rings (SSSR count).